The molecule has 1 rings (SSSR count). The van der Waals surface area contributed by atoms with Crippen molar-refractivity contribution in [2.75, 3.05) is 6.61 Å². The zero-order valence-electron chi connectivity index (χ0n) is 11.0. The molecule has 0 aliphatic heterocycles. The van der Waals surface area contributed by atoms with Crippen molar-refractivity contribution >= 4 is 0 Å². The van der Waals surface area contributed by atoms with Gasteiger partial charge in [0.15, 0.2) is 0 Å². The third-order valence-corrected chi connectivity index (χ3v) is 3.70. The molecular formula is C15H26O. The van der Waals surface area contributed by atoms with Gasteiger partial charge in [-0.3, -0.25) is 0 Å². The molecule has 0 aromatic carbocycles. The predicted octanol–water partition coefficient (Wildman–Crippen LogP) is 4.09. The first-order valence-corrected chi connectivity index (χ1v) is 6.57. The Morgan fingerprint density at radius 2 is 2.38 bits per heavy atom. The molecule has 0 spiro atoms. The maximum atomic E-state index is 8.79. The minimum absolute atomic E-state index is 0.310. The number of hydrogen-bond acceptors (Lipinski definition) is 1. The Morgan fingerprint density at radius 3 is 2.94 bits per heavy atom. The fourth-order valence-electron chi connectivity index (χ4n) is 2.49. The molecule has 92 valence electrons. The summed E-state index contributed by atoms with van der Waals surface area (Å²) < 4.78 is 0. The second-order valence-corrected chi connectivity index (χ2v) is 5.28. The van der Waals surface area contributed by atoms with Crippen molar-refractivity contribution in [2.24, 2.45) is 11.8 Å². The fraction of sp³-hybridized carbons (Fsp3) is 0.733. The van der Waals surface area contributed by atoms with Crippen LogP contribution < -0.4 is 0 Å². The molecule has 0 bridgehead atoms. The molecule has 1 heteroatoms. The third kappa shape index (κ3) is 4.52. The molecule has 0 aromatic rings. The van der Waals surface area contributed by atoms with Crippen LogP contribution in [-0.4, -0.2) is 11.7 Å². The lowest BCUT2D eigenvalue weighted by molar-refractivity contribution is 0.288. The van der Waals surface area contributed by atoms with Gasteiger partial charge < -0.3 is 5.11 Å². The van der Waals surface area contributed by atoms with E-state index in [4.69, 9.17) is 5.11 Å². The second kappa shape index (κ2) is 6.90. The second-order valence-electron chi connectivity index (χ2n) is 5.28. The summed E-state index contributed by atoms with van der Waals surface area (Å²) in [5.74, 6) is 1.51. The Balaban J connectivity index is 2.42. The maximum absolute atomic E-state index is 8.79. The molecule has 0 amide bonds. The van der Waals surface area contributed by atoms with Crippen molar-refractivity contribution in [2.45, 2.75) is 52.9 Å². The first-order valence-electron chi connectivity index (χ1n) is 6.57. The summed E-state index contributed by atoms with van der Waals surface area (Å²) in [4.78, 5) is 0. The first kappa shape index (κ1) is 13.5. The van der Waals surface area contributed by atoms with Crippen LogP contribution >= 0.6 is 0 Å². The molecular weight excluding hydrogens is 196 g/mol. The van der Waals surface area contributed by atoms with Crippen molar-refractivity contribution in [3.05, 3.63) is 23.3 Å². The van der Waals surface area contributed by atoms with Crippen LogP contribution in [0.1, 0.15) is 52.9 Å². The summed E-state index contributed by atoms with van der Waals surface area (Å²) in [6.45, 7) is 7.08. The Hall–Kier alpha value is -0.560. The number of aliphatic hydroxyl groups is 1. The van der Waals surface area contributed by atoms with Gasteiger partial charge in [0, 0.05) is 6.61 Å². The summed E-state index contributed by atoms with van der Waals surface area (Å²) in [5.41, 5.74) is 3.00. The van der Waals surface area contributed by atoms with Crippen LogP contribution in [-0.2, 0) is 0 Å². The predicted molar refractivity (Wildman–Crippen MR) is 70.3 cm³/mol. The van der Waals surface area contributed by atoms with Crippen LogP contribution in [0.4, 0.5) is 0 Å². The zero-order chi connectivity index (χ0) is 12.0. The van der Waals surface area contributed by atoms with E-state index in [0.717, 1.165) is 18.8 Å². The lowest BCUT2D eigenvalue weighted by Gasteiger charge is -2.25. The van der Waals surface area contributed by atoms with Crippen LogP contribution in [0.5, 0.6) is 0 Å². The van der Waals surface area contributed by atoms with Crippen molar-refractivity contribution in [1.29, 1.82) is 0 Å². The molecule has 0 heterocycles. The van der Waals surface area contributed by atoms with Crippen molar-refractivity contribution in [3.8, 4) is 0 Å². The molecule has 0 saturated carbocycles. The monoisotopic (exact) mass is 222 g/mol. The highest BCUT2D eigenvalue weighted by atomic mass is 16.2. The van der Waals surface area contributed by atoms with Crippen LogP contribution in [0.15, 0.2) is 23.3 Å². The lowest BCUT2D eigenvalue weighted by atomic mass is 9.81. The molecule has 1 aliphatic rings. The standard InChI is InChI=1S/C15H26O/c1-12-6-8-15(9-7-12)14(3)11-13(2)5-4-10-16/h6,11,14-16H,4-5,7-10H2,1-3H3. The molecule has 0 radical (unpaired) electrons. The van der Waals surface area contributed by atoms with Crippen LogP contribution in [0.2, 0.25) is 0 Å². The van der Waals surface area contributed by atoms with Gasteiger partial charge in [-0.1, -0.05) is 30.2 Å². The maximum Gasteiger partial charge on any atom is 0.0434 e. The zero-order valence-corrected chi connectivity index (χ0v) is 11.0. The molecule has 2 unspecified atom stereocenters. The normalized spacial score (nSPS) is 24.1. The van der Waals surface area contributed by atoms with E-state index in [1.165, 1.54) is 24.8 Å². The van der Waals surface area contributed by atoms with E-state index in [9.17, 15) is 0 Å². The highest BCUT2D eigenvalue weighted by Gasteiger charge is 2.17. The SMILES string of the molecule is CC(=CC(C)C1CC=C(C)CC1)CCCO. The average molecular weight is 222 g/mol. The largest absolute Gasteiger partial charge is 0.396 e. The highest BCUT2D eigenvalue weighted by molar-refractivity contribution is 5.07. The number of hydrogen-bond donors (Lipinski definition) is 1. The van der Waals surface area contributed by atoms with Gasteiger partial charge in [0.05, 0.1) is 0 Å². The molecule has 0 fully saturated rings. The Labute approximate surface area is 100 Å². The van der Waals surface area contributed by atoms with Gasteiger partial charge in [0.1, 0.15) is 0 Å². The topological polar surface area (TPSA) is 20.2 Å². The van der Waals surface area contributed by atoms with Gasteiger partial charge in [0.2, 0.25) is 0 Å². The minimum atomic E-state index is 0.310. The summed E-state index contributed by atoms with van der Waals surface area (Å²) >= 11 is 0. The molecule has 16 heavy (non-hydrogen) atoms. The van der Waals surface area contributed by atoms with Crippen molar-refractivity contribution in [1.82, 2.24) is 0 Å². The summed E-state index contributed by atoms with van der Waals surface area (Å²) in [6.07, 6.45) is 10.6. The number of rotatable bonds is 5. The van der Waals surface area contributed by atoms with Crippen molar-refractivity contribution in [3.63, 3.8) is 0 Å². The summed E-state index contributed by atoms with van der Waals surface area (Å²) in [6, 6.07) is 0. The fourth-order valence-corrected chi connectivity index (χ4v) is 2.49. The Kier molecular flexibility index (Phi) is 5.83. The minimum Gasteiger partial charge on any atom is -0.396 e. The average Bonchev–Trinajstić information content (AvgIpc) is 2.27. The van der Waals surface area contributed by atoms with E-state index >= 15 is 0 Å². The van der Waals surface area contributed by atoms with Crippen LogP contribution in [0.25, 0.3) is 0 Å². The highest BCUT2D eigenvalue weighted by Crippen LogP contribution is 2.30. The van der Waals surface area contributed by atoms with E-state index in [1.54, 1.807) is 5.57 Å². The van der Waals surface area contributed by atoms with Gasteiger partial charge in [-0.25, -0.2) is 0 Å². The van der Waals surface area contributed by atoms with Gasteiger partial charge in [-0.15, -0.1) is 0 Å². The van der Waals surface area contributed by atoms with E-state index in [2.05, 4.69) is 32.9 Å². The van der Waals surface area contributed by atoms with E-state index < -0.39 is 0 Å². The Bertz CT molecular complexity index is 263. The van der Waals surface area contributed by atoms with Gasteiger partial charge in [-0.2, -0.15) is 0 Å². The summed E-state index contributed by atoms with van der Waals surface area (Å²) in [5, 5.41) is 8.79. The Morgan fingerprint density at radius 1 is 1.62 bits per heavy atom. The molecule has 1 nitrogen and oxygen atoms in total. The quantitative estimate of drug-likeness (QED) is 0.695. The van der Waals surface area contributed by atoms with Gasteiger partial charge >= 0.3 is 0 Å². The number of aliphatic hydroxyl groups excluding tert-OH is 1. The van der Waals surface area contributed by atoms with Gasteiger partial charge in [-0.05, 0) is 57.8 Å². The van der Waals surface area contributed by atoms with Gasteiger partial charge in [0.25, 0.3) is 0 Å². The van der Waals surface area contributed by atoms with Crippen molar-refractivity contribution < 1.29 is 5.11 Å². The molecule has 0 saturated heterocycles. The molecule has 1 aliphatic carbocycles. The molecule has 0 aromatic heterocycles. The van der Waals surface area contributed by atoms with Crippen LogP contribution in [0, 0.1) is 11.8 Å². The number of allylic oxidation sites excluding steroid dienone is 4. The van der Waals surface area contributed by atoms with E-state index in [0.29, 0.717) is 12.5 Å². The first-order chi connectivity index (χ1) is 7.63. The third-order valence-electron chi connectivity index (χ3n) is 3.70. The van der Waals surface area contributed by atoms with E-state index in [-0.39, 0.29) is 0 Å². The van der Waals surface area contributed by atoms with Crippen LogP contribution in [0.3, 0.4) is 0 Å². The van der Waals surface area contributed by atoms with E-state index in [1.807, 2.05) is 0 Å². The molecule has 2 atom stereocenters. The summed E-state index contributed by atoms with van der Waals surface area (Å²) in [7, 11) is 0. The smallest absolute Gasteiger partial charge is 0.0434 e. The molecule has 1 N–H and O–H groups in total. The lowest BCUT2D eigenvalue weighted by Crippen LogP contribution is -2.12.